The summed E-state index contributed by atoms with van der Waals surface area (Å²) in [6.45, 7) is 22.1. The summed E-state index contributed by atoms with van der Waals surface area (Å²) in [6, 6.07) is 0. The number of hydrogen-bond acceptors (Lipinski definition) is 6. The minimum atomic E-state index is -1.53. The van der Waals surface area contributed by atoms with E-state index in [0.29, 0.717) is 0 Å². The van der Waals surface area contributed by atoms with Crippen LogP contribution >= 0.6 is 0 Å². The Labute approximate surface area is 282 Å². The third kappa shape index (κ3) is 11.7. The molecule has 3 heterocycles. The van der Waals surface area contributed by atoms with Crippen molar-refractivity contribution in [2.24, 2.45) is 26.2 Å². The zero-order valence-electron chi connectivity index (χ0n) is 23.4. The molecule has 0 aromatic carbocycles. The first-order valence-electron chi connectivity index (χ1n) is 12.3. The Kier molecular flexibility index (Phi) is 21.1. The number of carboxylic acids is 1. The van der Waals surface area contributed by atoms with E-state index in [-0.39, 0.29) is 101 Å². The van der Waals surface area contributed by atoms with Gasteiger partial charge in [-0.05, 0) is 38.5 Å². The summed E-state index contributed by atoms with van der Waals surface area (Å²) in [6.07, 6.45) is 6.86. The van der Waals surface area contributed by atoms with Crippen LogP contribution in [0.25, 0.3) is 0 Å². The van der Waals surface area contributed by atoms with Gasteiger partial charge in [0, 0.05) is 42.7 Å². The summed E-state index contributed by atoms with van der Waals surface area (Å²) in [4.78, 5) is 21.3. The van der Waals surface area contributed by atoms with Crippen LogP contribution in [0.5, 0.6) is 0 Å². The smallest absolute Gasteiger partial charge is 1.00 e. The van der Waals surface area contributed by atoms with Crippen molar-refractivity contribution >= 4 is 17.4 Å². The van der Waals surface area contributed by atoms with Crippen molar-refractivity contribution < 1.29 is 109 Å². The van der Waals surface area contributed by atoms with Gasteiger partial charge in [0.15, 0.2) is 5.66 Å². The van der Waals surface area contributed by atoms with Gasteiger partial charge in [-0.1, -0.05) is 62.3 Å². The maximum Gasteiger partial charge on any atom is 3.00 e. The second kappa shape index (κ2) is 18.0. The largest absolute Gasteiger partial charge is 3.00 e. The molecule has 0 bridgehead atoms. The number of carbonyl (C=O) groups excluding carboxylic acids is 1. The number of aliphatic carboxylic acids is 1. The fourth-order valence-electron chi connectivity index (χ4n) is 3.49. The molecule has 3 aliphatic heterocycles. The van der Waals surface area contributed by atoms with Gasteiger partial charge in [-0.15, -0.1) is 0 Å². The molecule has 2 fully saturated rings. The van der Waals surface area contributed by atoms with E-state index in [2.05, 4.69) is 51.5 Å². The van der Waals surface area contributed by atoms with Crippen molar-refractivity contribution in [1.82, 2.24) is 0 Å². The molecular formula is C26H47CeI2N2O4. The molecule has 9 heteroatoms. The van der Waals surface area contributed by atoms with E-state index in [0.717, 1.165) is 50.7 Å². The van der Waals surface area contributed by atoms with Crippen molar-refractivity contribution in [2.45, 2.75) is 107 Å². The third-order valence-corrected chi connectivity index (χ3v) is 6.81. The molecule has 0 unspecified atom stereocenters. The second-order valence-corrected chi connectivity index (χ2v) is 11.2. The number of carboxylic acid groups (broad SMARTS) is 1. The minimum absolute atomic E-state index is 0. The van der Waals surface area contributed by atoms with Gasteiger partial charge < -0.3 is 67.3 Å². The van der Waals surface area contributed by atoms with Gasteiger partial charge in [-0.3, -0.25) is 9.98 Å². The van der Waals surface area contributed by atoms with Crippen LogP contribution in [-0.2, 0) is 14.3 Å². The molecule has 3 rings (SSSR count). The van der Waals surface area contributed by atoms with Crippen LogP contribution in [0, 0.1) is 58.0 Å². The average molecular weight is 846 g/mol. The van der Waals surface area contributed by atoms with Gasteiger partial charge in [0.05, 0.1) is 17.4 Å². The predicted octanol–water partition coefficient (Wildman–Crippen LogP) is -1.15. The van der Waals surface area contributed by atoms with Crippen molar-refractivity contribution in [2.75, 3.05) is 26.4 Å². The predicted molar refractivity (Wildman–Crippen MR) is 130 cm³/mol. The summed E-state index contributed by atoms with van der Waals surface area (Å²) in [5.41, 5.74) is -0.966. The Morgan fingerprint density at radius 2 is 1.06 bits per heavy atom. The molecule has 1 radical (unpaired) electrons. The normalized spacial score (nSPS) is 18.8. The molecule has 0 N–H and O–H groups in total. The first kappa shape index (κ1) is 41.1. The number of aliphatic imine (C=N–C) groups is 2. The first-order valence-corrected chi connectivity index (χ1v) is 12.3. The van der Waals surface area contributed by atoms with Crippen LogP contribution in [0.4, 0.5) is 0 Å². The summed E-state index contributed by atoms with van der Waals surface area (Å²) < 4.78 is 9.89. The van der Waals surface area contributed by atoms with Crippen molar-refractivity contribution in [3.05, 3.63) is 0 Å². The molecule has 0 spiro atoms. The molecular weight excluding hydrogens is 798 g/mol. The molecule has 2 saturated heterocycles. The third-order valence-electron chi connectivity index (χ3n) is 6.81. The molecule has 203 valence electrons. The van der Waals surface area contributed by atoms with Gasteiger partial charge in [-0.25, -0.2) is 0 Å². The number of halogens is 2. The van der Waals surface area contributed by atoms with E-state index in [1.807, 2.05) is 20.8 Å². The van der Waals surface area contributed by atoms with E-state index in [1.165, 1.54) is 25.7 Å². The molecule has 0 saturated carbocycles. The SMILES string of the molecule is C1CCOC1.C1CCOC1.CCC(C)(C)C1=NC(C(=O)[O-])(C(C)(C)C)N=C1C(C)(C)CC.[Ce+3].[I-].[I-]. The number of ether oxygens (including phenoxy) is 2. The Balaban J connectivity index is -0.000000648. The number of nitrogens with zero attached hydrogens (tertiary/aromatic N) is 2. The second-order valence-electron chi connectivity index (χ2n) is 11.2. The zero-order valence-corrected chi connectivity index (χ0v) is 30.8. The molecule has 0 aliphatic carbocycles. The number of rotatable bonds is 5. The standard InChI is InChI=1S/C18H32N2O2.2C4H8O.Ce.2HI/c1-10-16(6,7)12-13(17(8,9)11-2)20-18(19-12,14(21)22)15(3,4)5;2*1-2-4-5-3-1;;;/h10-11H2,1-9H3,(H,21,22);2*1-4H2;;2*1H/q;;;+3;;/p-3. The van der Waals surface area contributed by atoms with Crippen LogP contribution in [0.15, 0.2) is 9.98 Å². The van der Waals surface area contributed by atoms with Crippen LogP contribution in [0.3, 0.4) is 0 Å². The number of carbonyl (C=O) groups is 1. The Hall–Kier alpha value is 1.57. The minimum Gasteiger partial charge on any atom is -1.00 e. The Morgan fingerprint density at radius 3 is 1.20 bits per heavy atom. The fourth-order valence-corrected chi connectivity index (χ4v) is 3.49. The van der Waals surface area contributed by atoms with Gasteiger partial charge in [0.25, 0.3) is 0 Å². The monoisotopic (exact) mass is 845 g/mol. The molecule has 0 aromatic heterocycles. The average Bonchev–Trinajstić information content (AvgIpc) is 3.51. The quantitative estimate of drug-likeness (QED) is 0.328. The fraction of sp³-hybridized carbons (Fsp3) is 0.885. The van der Waals surface area contributed by atoms with Crippen molar-refractivity contribution in [1.29, 1.82) is 0 Å². The summed E-state index contributed by atoms with van der Waals surface area (Å²) >= 11 is 0. The maximum absolute atomic E-state index is 12.0. The van der Waals surface area contributed by atoms with E-state index < -0.39 is 17.0 Å². The molecule has 3 aliphatic rings. The first-order chi connectivity index (χ1) is 14.7. The van der Waals surface area contributed by atoms with Gasteiger partial charge in [-0.2, -0.15) is 0 Å². The van der Waals surface area contributed by atoms with Crippen LogP contribution in [-0.4, -0.2) is 49.5 Å². The topological polar surface area (TPSA) is 83.3 Å². The maximum atomic E-state index is 12.0. The van der Waals surface area contributed by atoms with E-state index in [1.54, 1.807) is 0 Å². The zero-order chi connectivity index (χ0) is 24.6. The van der Waals surface area contributed by atoms with Crippen LogP contribution in [0.1, 0.15) is 101 Å². The van der Waals surface area contributed by atoms with E-state index in [4.69, 9.17) is 9.47 Å². The Morgan fingerprint density at radius 1 is 0.771 bits per heavy atom. The molecule has 6 nitrogen and oxygen atoms in total. The Bertz CT molecular complexity index is 624. The number of hydrogen-bond donors (Lipinski definition) is 0. The van der Waals surface area contributed by atoms with Crippen LogP contribution < -0.4 is 53.1 Å². The van der Waals surface area contributed by atoms with Gasteiger partial charge in [0.2, 0.25) is 0 Å². The molecule has 0 atom stereocenters. The summed E-state index contributed by atoms with van der Waals surface area (Å²) in [5.74, 6) is -1.22. The van der Waals surface area contributed by atoms with Crippen molar-refractivity contribution in [3.63, 3.8) is 0 Å². The van der Waals surface area contributed by atoms with Gasteiger partial charge >= 0.3 is 41.7 Å². The van der Waals surface area contributed by atoms with Crippen molar-refractivity contribution in [3.8, 4) is 0 Å². The summed E-state index contributed by atoms with van der Waals surface area (Å²) in [7, 11) is 0. The van der Waals surface area contributed by atoms with E-state index >= 15 is 0 Å². The molecule has 35 heavy (non-hydrogen) atoms. The van der Waals surface area contributed by atoms with E-state index in [9.17, 15) is 9.90 Å². The molecule has 0 amide bonds. The molecule has 0 aromatic rings. The van der Waals surface area contributed by atoms with Gasteiger partial charge in [0.1, 0.15) is 0 Å². The van der Waals surface area contributed by atoms with Crippen LogP contribution in [0.2, 0.25) is 0 Å². The summed E-state index contributed by atoms with van der Waals surface area (Å²) in [5, 5.41) is 12.0.